The second-order valence-electron chi connectivity index (χ2n) is 7.40. The molecule has 8 nitrogen and oxygen atoms in total. The zero-order chi connectivity index (χ0) is 22.2. The highest BCUT2D eigenvalue weighted by Gasteiger charge is 2.29. The maximum absolute atomic E-state index is 13.3. The molecule has 162 valence electrons. The van der Waals surface area contributed by atoms with Gasteiger partial charge in [-0.05, 0) is 42.3 Å². The van der Waals surface area contributed by atoms with Crippen LogP contribution in [-0.4, -0.2) is 30.3 Å². The molecule has 0 saturated carbocycles. The largest absolute Gasteiger partial charge is 0.505 e. The third-order valence-corrected chi connectivity index (χ3v) is 7.52. The Morgan fingerprint density at radius 2 is 2.10 bits per heavy atom. The summed E-state index contributed by atoms with van der Waals surface area (Å²) >= 11 is 1.23. The number of nitrogens with one attached hydrogen (secondary N) is 1. The zero-order valence-electron chi connectivity index (χ0n) is 17.1. The molecule has 0 amide bonds. The van der Waals surface area contributed by atoms with Gasteiger partial charge in [0.25, 0.3) is 15.6 Å². The fraction of sp³-hybridized carbons (Fsp3) is 0.286. The van der Waals surface area contributed by atoms with E-state index in [9.17, 15) is 18.3 Å². The number of sulfonamides is 1. The third kappa shape index (κ3) is 3.88. The average Bonchev–Trinajstić information content (AvgIpc) is 3.22. The van der Waals surface area contributed by atoms with Crippen molar-refractivity contribution < 1.29 is 13.5 Å². The van der Waals surface area contributed by atoms with E-state index in [1.807, 2.05) is 0 Å². The van der Waals surface area contributed by atoms with Crippen molar-refractivity contribution in [3.05, 3.63) is 51.6 Å². The van der Waals surface area contributed by atoms with Crippen LogP contribution in [-0.2, 0) is 10.0 Å². The highest BCUT2D eigenvalue weighted by Crippen LogP contribution is 2.34. The summed E-state index contributed by atoms with van der Waals surface area (Å²) in [6, 6.07) is 7.97. The van der Waals surface area contributed by atoms with E-state index in [-0.39, 0.29) is 22.0 Å². The summed E-state index contributed by atoms with van der Waals surface area (Å²) in [4.78, 5) is 13.3. The number of pyridine rings is 1. The molecular weight excluding hydrogens is 436 g/mol. The number of thiophene rings is 1. The van der Waals surface area contributed by atoms with Crippen molar-refractivity contribution in [3.8, 4) is 5.75 Å². The monoisotopic (exact) mass is 458 g/mol. The number of aromatic nitrogens is 1. The van der Waals surface area contributed by atoms with Crippen LogP contribution >= 0.6 is 11.3 Å². The molecule has 2 N–H and O–H groups in total. The van der Waals surface area contributed by atoms with Crippen molar-refractivity contribution in [2.45, 2.75) is 38.0 Å². The number of benzene rings is 1. The lowest BCUT2D eigenvalue weighted by molar-refractivity contribution is 0.479. The number of amidine groups is 1. The van der Waals surface area contributed by atoms with Crippen molar-refractivity contribution in [1.82, 2.24) is 4.68 Å². The molecule has 0 radical (unpaired) electrons. The molecule has 1 unspecified atom stereocenters. The molecular formula is C21H22N4O4S2. The van der Waals surface area contributed by atoms with Gasteiger partial charge in [-0.1, -0.05) is 32.4 Å². The SMILES string of the molecule is CCC(C)CCC=Nn1c(=O)c(C2=NS(=O)(=O)c3ccccc3N2)c(O)c2sccc21. The fourth-order valence-corrected chi connectivity index (χ4v) is 5.28. The number of hydrogen-bond donors (Lipinski definition) is 2. The number of anilines is 1. The van der Waals surface area contributed by atoms with Crippen molar-refractivity contribution in [2.75, 3.05) is 5.32 Å². The number of para-hydroxylation sites is 1. The van der Waals surface area contributed by atoms with E-state index < -0.39 is 15.6 Å². The van der Waals surface area contributed by atoms with Crippen LogP contribution in [0.3, 0.4) is 0 Å². The highest BCUT2D eigenvalue weighted by atomic mass is 32.2. The van der Waals surface area contributed by atoms with Gasteiger partial charge in [0.2, 0.25) is 0 Å². The van der Waals surface area contributed by atoms with Crippen LogP contribution in [0.4, 0.5) is 5.69 Å². The Morgan fingerprint density at radius 3 is 2.87 bits per heavy atom. The molecule has 4 rings (SSSR count). The lowest BCUT2D eigenvalue weighted by atomic mass is 10.0. The molecule has 0 fully saturated rings. The summed E-state index contributed by atoms with van der Waals surface area (Å²) in [5.74, 6) is 0.00716. The standard InChI is InChI=1S/C21H22N4O4S2/c1-3-13(2)7-6-11-22-25-15-10-12-30-19(15)18(26)17(21(25)27)20-23-14-8-4-5-9-16(14)31(28,29)24-20/h4-5,8-13,26H,3,6-7H2,1-2H3,(H,23,24). The van der Waals surface area contributed by atoms with Gasteiger partial charge in [-0.25, -0.2) is 0 Å². The van der Waals surface area contributed by atoms with Crippen LogP contribution in [0.15, 0.2) is 54.9 Å². The van der Waals surface area contributed by atoms with Gasteiger partial charge in [-0.15, -0.1) is 15.7 Å². The molecule has 3 heterocycles. The van der Waals surface area contributed by atoms with Crippen LogP contribution in [0.1, 0.15) is 38.7 Å². The summed E-state index contributed by atoms with van der Waals surface area (Å²) in [5.41, 5.74) is -0.131. The zero-order valence-corrected chi connectivity index (χ0v) is 18.7. The number of rotatable bonds is 6. The first-order valence-electron chi connectivity index (χ1n) is 9.93. The van der Waals surface area contributed by atoms with Crippen molar-refractivity contribution >= 4 is 49.3 Å². The van der Waals surface area contributed by atoms with E-state index in [1.54, 1.807) is 35.9 Å². The molecule has 0 bridgehead atoms. The van der Waals surface area contributed by atoms with Gasteiger partial charge in [0, 0.05) is 6.21 Å². The minimum atomic E-state index is -4.03. The first-order chi connectivity index (χ1) is 14.8. The Balaban J connectivity index is 1.84. The van der Waals surface area contributed by atoms with Gasteiger partial charge >= 0.3 is 0 Å². The lowest BCUT2D eigenvalue weighted by Gasteiger charge is -2.19. The van der Waals surface area contributed by atoms with E-state index in [4.69, 9.17) is 0 Å². The molecule has 2 aromatic heterocycles. The molecule has 1 atom stereocenters. The molecule has 1 aliphatic rings. The van der Waals surface area contributed by atoms with E-state index in [1.165, 1.54) is 22.1 Å². The quantitative estimate of drug-likeness (QED) is 0.542. The second kappa shape index (κ2) is 8.27. The van der Waals surface area contributed by atoms with Gasteiger partial charge in [0.05, 0.1) is 15.9 Å². The smallest absolute Gasteiger partial charge is 0.286 e. The molecule has 0 spiro atoms. The summed E-state index contributed by atoms with van der Waals surface area (Å²) in [7, 11) is -4.03. The van der Waals surface area contributed by atoms with Gasteiger partial charge in [0.15, 0.2) is 11.6 Å². The molecule has 10 heteroatoms. The maximum atomic E-state index is 13.3. The third-order valence-electron chi connectivity index (χ3n) is 5.28. The summed E-state index contributed by atoms with van der Waals surface area (Å²) in [6.45, 7) is 4.28. The van der Waals surface area contributed by atoms with Crippen molar-refractivity contribution in [1.29, 1.82) is 0 Å². The first kappa shape index (κ1) is 21.3. The normalized spacial score (nSPS) is 16.1. The number of hydrogen-bond acceptors (Lipinski definition) is 7. The van der Waals surface area contributed by atoms with E-state index in [0.717, 1.165) is 12.8 Å². The molecule has 0 aliphatic carbocycles. The van der Waals surface area contributed by atoms with Gasteiger partial charge in [-0.2, -0.15) is 18.2 Å². The van der Waals surface area contributed by atoms with Gasteiger partial charge < -0.3 is 10.4 Å². The van der Waals surface area contributed by atoms with E-state index >= 15 is 0 Å². The number of fused-ring (bicyclic) bond motifs is 2. The average molecular weight is 459 g/mol. The van der Waals surface area contributed by atoms with Crippen molar-refractivity contribution in [3.63, 3.8) is 0 Å². The van der Waals surface area contributed by atoms with Gasteiger partial charge in [-0.3, -0.25) is 4.79 Å². The second-order valence-corrected chi connectivity index (χ2v) is 9.89. The Labute approximate surface area is 183 Å². The maximum Gasteiger partial charge on any atom is 0.286 e. The lowest BCUT2D eigenvalue weighted by Crippen LogP contribution is -2.31. The molecule has 1 aromatic carbocycles. The van der Waals surface area contributed by atoms with E-state index in [0.29, 0.717) is 28.2 Å². The summed E-state index contributed by atoms with van der Waals surface area (Å²) in [5, 5.41) is 19.8. The topological polar surface area (TPSA) is 113 Å². The van der Waals surface area contributed by atoms with Crippen LogP contribution in [0.2, 0.25) is 0 Å². The number of nitrogens with zero attached hydrogens (tertiary/aromatic N) is 3. The molecule has 31 heavy (non-hydrogen) atoms. The Hall–Kier alpha value is -2.98. The van der Waals surface area contributed by atoms with Crippen molar-refractivity contribution in [2.24, 2.45) is 15.4 Å². The van der Waals surface area contributed by atoms with Crippen LogP contribution < -0.4 is 10.9 Å². The summed E-state index contributed by atoms with van der Waals surface area (Å²) in [6.07, 6.45) is 4.38. The number of aromatic hydroxyl groups is 1. The highest BCUT2D eigenvalue weighted by molar-refractivity contribution is 7.90. The van der Waals surface area contributed by atoms with E-state index in [2.05, 4.69) is 28.7 Å². The molecule has 1 aliphatic heterocycles. The van der Waals surface area contributed by atoms with Crippen LogP contribution in [0.5, 0.6) is 5.75 Å². The fourth-order valence-electron chi connectivity index (χ4n) is 3.33. The minimum absolute atomic E-state index is 0.0128. The Morgan fingerprint density at radius 1 is 1.32 bits per heavy atom. The predicted molar refractivity (Wildman–Crippen MR) is 124 cm³/mol. The van der Waals surface area contributed by atoms with Crippen LogP contribution in [0.25, 0.3) is 10.2 Å². The minimum Gasteiger partial charge on any atom is -0.505 e. The van der Waals surface area contributed by atoms with Gasteiger partial charge in [0.1, 0.15) is 10.5 Å². The first-order valence-corrected chi connectivity index (χ1v) is 12.2. The Kier molecular flexibility index (Phi) is 5.67. The molecule has 3 aromatic rings. The Bertz CT molecular complexity index is 1370. The van der Waals surface area contributed by atoms with Crippen LogP contribution in [0, 0.1) is 5.92 Å². The predicted octanol–water partition coefficient (Wildman–Crippen LogP) is 3.99. The molecule has 0 saturated heterocycles. The summed E-state index contributed by atoms with van der Waals surface area (Å²) < 4.78 is 30.7.